The number of carboxylic acids is 1. The molecular weight excluding hydrogens is 262 g/mol. The molecule has 1 saturated carbocycles. The first-order valence-electron chi connectivity index (χ1n) is 7.09. The number of nitrogens with one attached hydrogen (secondary N) is 1. The van der Waals surface area contributed by atoms with Crippen LogP contribution in [0.4, 0.5) is 0 Å². The van der Waals surface area contributed by atoms with Crippen LogP contribution in [0.25, 0.3) is 0 Å². The highest BCUT2D eigenvalue weighted by Gasteiger charge is 2.36. The monoisotopic (exact) mass is 287 g/mol. The minimum Gasteiger partial charge on any atom is -0.481 e. The minimum atomic E-state index is -1.04. The van der Waals surface area contributed by atoms with Crippen LogP contribution < -0.4 is 5.32 Å². The fourth-order valence-electron chi connectivity index (χ4n) is 2.56. The molecule has 1 aliphatic rings. The number of carbonyl (C=O) groups excluding carboxylic acids is 1. The molecular formula is C14H25NO5. The summed E-state index contributed by atoms with van der Waals surface area (Å²) < 4.78 is 4.90. The molecule has 0 bridgehead atoms. The van der Waals surface area contributed by atoms with E-state index in [1.165, 1.54) is 0 Å². The zero-order valence-corrected chi connectivity index (χ0v) is 12.2. The van der Waals surface area contributed by atoms with Gasteiger partial charge in [0.1, 0.15) is 0 Å². The van der Waals surface area contributed by atoms with Gasteiger partial charge in [-0.05, 0) is 19.8 Å². The summed E-state index contributed by atoms with van der Waals surface area (Å²) in [6, 6.07) is 0. The van der Waals surface area contributed by atoms with Crippen molar-refractivity contribution >= 4 is 11.9 Å². The van der Waals surface area contributed by atoms with Crippen LogP contribution in [0.5, 0.6) is 0 Å². The van der Waals surface area contributed by atoms with E-state index in [9.17, 15) is 14.7 Å². The second-order valence-corrected chi connectivity index (χ2v) is 5.79. The molecule has 1 fully saturated rings. The van der Waals surface area contributed by atoms with E-state index in [4.69, 9.17) is 9.84 Å². The van der Waals surface area contributed by atoms with Gasteiger partial charge >= 0.3 is 5.97 Å². The quantitative estimate of drug-likeness (QED) is 0.643. The number of aliphatic hydroxyl groups is 1. The van der Waals surface area contributed by atoms with Gasteiger partial charge in [0, 0.05) is 26.7 Å². The molecule has 6 nitrogen and oxygen atoms in total. The van der Waals surface area contributed by atoms with Crippen molar-refractivity contribution in [3.63, 3.8) is 0 Å². The van der Waals surface area contributed by atoms with Gasteiger partial charge in [-0.1, -0.05) is 12.8 Å². The van der Waals surface area contributed by atoms with E-state index in [0.717, 1.165) is 12.8 Å². The Labute approximate surface area is 119 Å². The van der Waals surface area contributed by atoms with Crippen LogP contribution in [0.1, 0.15) is 39.0 Å². The fourth-order valence-corrected chi connectivity index (χ4v) is 2.56. The summed E-state index contributed by atoms with van der Waals surface area (Å²) in [6.45, 7) is 2.14. The van der Waals surface area contributed by atoms with Gasteiger partial charge in [-0.15, -0.1) is 0 Å². The van der Waals surface area contributed by atoms with Crippen molar-refractivity contribution in [3.8, 4) is 0 Å². The number of aliphatic carboxylic acids is 1. The highest BCUT2D eigenvalue weighted by atomic mass is 16.5. The first-order chi connectivity index (χ1) is 9.37. The molecule has 6 heteroatoms. The van der Waals surface area contributed by atoms with E-state index in [2.05, 4.69) is 5.32 Å². The van der Waals surface area contributed by atoms with Gasteiger partial charge in [-0.3, -0.25) is 9.59 Å². The van der Waals surface area contributed by atoms with Crippen LogP contribution in [0.15, 0.2) is 0 Å². The van der Waals surface area contributed by atoms with E-state index in [1.54, 1.807) is 14.0 Å². The maximum absolute atomic E-state index is 12.1. The molecule has 0 heterocycles. The molecule has 20 heavy (non-hydrogen) atoms. The summed E-state index contributed by atoms with van der Waals surface area (Å²) in [5.74, 6) is -2.27. The van der Waals surface area contributed by atoms with Crippen LogP contribution in [0.2, 0.25) is 0 Å². The van der Waals surface area contributed by atoms with Gasteiger partial charge in [-0.2, -0.15) is 0 Å². The largest absolute Gasteiger partial charge is 0.481 e. The number of hydrogen-bond acceptors (Lipinski definition) is 4. The average Bonchev–Trinajstić information content (AvgIpc) is 2.42. The lowest BCUT2D eigenvalue weighted by Crippen LogP contribution is -2.46. The molecule has 0 aromatic heterocycles. The average molecular weight is 287 g/mol. The van der Waals surface area contributed by atoms with Crippen molar-refractivity contribution in [2.24, 2.45) is 11.8 Å². The normalized spacial score (nSPS) is 25.8. The number of carbonyl (C=O) groups is 2. The van der Waals surface area contributed by atoms with E-state index in [0.29, 0.717) is 25.9 Å². The summed E-state index contributed by atoms with van der Waals surface area (Å²) in [4.78, 5) is 23.3. The molecule has 0 aliphatic heterocycles. The van der Waals surface area contributed by atoms with Crippen molar-refractivity contribution in [1.29, 1.82) is 0 Å². The Balaban J connectivity index is 2.50. The molecule has 0 aromatic carbocycles. The van der Waals surface area contributed by atoms with Crippen LogP contribution in [-0.4, -0.2) is 48.0 Å². The number of hydrogen-bond donors (Lipinski definition) is 3. The lowest BCUT2D eigenvalue weighted by atomic mass is 9.78. The molecule has 3 atom stereocenters. The second-order valence-electron chi connectivity index (χ2n) is 5.79. The predicted molar refractivity (Wildman–Crippen MR) is 73.2 cm³/mol. The van der Waals surface area contributed by atoms with E-state index in [1.807, 2.05) is 0 Å². The molecule has 0 radical (unpaired) electrons. The van der Waals surface area contributed by atoms with Crippen molar-refractivity contribution in [2.75, 3.05) is 20.3 Å². The van der Waals surface area contributed by atoms with Crippen LogP contribution >= 0.6 is 0 Å². The zero-order chi connectivity index (χ0) is 15.2. The van der Waals surface area contributed by atoms with Gasteiger partial charge in [0.05, 0.1) is 17.4 Å². The molecule has 0 aromatic rings. The molecule has 1 amide bonds. The van der Waals surface area contributed by atoms with Crippen LogP contribution in [-0.2, 0) is 14.3 Å². The summed E-state index contributed by atoms with van der Waals surface area (Å²) in [6.07, 6.45) is 3.29. The van der Waals surface area contributed by atoms with E-state index >= 15 is 0 Å². The van der Waals surface area contributed by atoms with Crippen molar-refractivity contribution in [2.45, 2.75) is 44.6 Å². The zero-order valence-electron chi connectivity index (χ0n) is 12.2. The third kappa shape index (κ3) is 5.09. The molecule has 1 aliphatic carbocycles. The Bertz CT molecular complexity index is 342. The Morgan fingerprint density at radius 1 is 1.30 bits per heavy atom. The van der Waals surface area contributed by atoms with Gasteiger partial charge < -0.3 is 20.3 Å². The fraction of sp³-hybridized carbons (Fsp3) is 0.857. The number of rotatable bonds is 7. The van der Waals surface area contributed by atoms with E-state index < -0.39 is 23.4 Å². The molecule has 0 saturated heterocycles. The number of ether oxygens (including phenoxy) is 1. The van der Waals surface area contributed by atoms with Crippen molar-refractivity contribution < 1.29 is 24.5 Å². The first-order valence-corrected chi connectivity index (χ1v) is 7.09. The smallest absolute Gasteiger partial charge is 0.307 e. The first kappa shape index (κ1) is 16.9. The Morgan fingerprint density at radius 2 is 1.90 bits per heavy atom. The van der Waals surface area contributed by atoms with Crippen LogP contribution in [0.3, 0.4) is 0 Å². The second kappa shape index (κ2) is 7.59. The Kier molecular flexibility index (Phi) is 6.42. The maximum atomic E-state index is 12.1. The number of carboxylic acid groups (broad SMARTS) is 1. The topological polar surface area (TPSA) is 95.9 Å². The summed E-state index contributed by atoms with van der Waals surface area (Å²) >= 11 is 0. The highest BCUT2D eigenvalue weighted by molar-refractivity contribution is 5.84. The molecule has 0 spiro atoms. The minimum absolute atomic E-state index is 0.109. The molecule has 1 rings (SSSR count). The number of methoxy groups -OCH3 is 1. The SMILES string of the molecule is COCCC(C)(O)CNC(=O)C1CCCCC1C(=O)O. The standard InChI is InChI=1S/C14H25NO5/c1-14(19,7-8-20-2)9-15-12(16)10-5-3-4-6-11(10)13(17)18/h10-11,19H,3-9H2,1-2H3,(H,15,16)(H,17,18). The van der Waals surface area contributed by atoms with Gasteiger partial charge in [0.15, 0.2) is 0 Å². The molecule has 116 valence electrons. The number of amides is 1. The van der Waals surface area contributed by atoms with Gasteiger partial charge in [0.25, 0.3) is 0 Å². The van der Waals surface area contributed by atoms with Crippen molar-refractivity contribution in [1.82, 2.24) is 5.32 Å². The summed E-state index contributed by atoms with van der Waals surface area (Å²) in [5.41, 5.74) is -1.04. The van der Waals surface area contributed by atoms with E-state index in [-0.39, 0.29) is 12.5 Å². The molecule has 3 unspecified atom stereocenters. The Morgan fingerprint density at radius 3 is 2.45 bits per heavy atom. The Hall–Kier alpha value is -1.14. The summed E-state index contributed by atoms with van der Waals surface area (Å²) in [5, 5.41) is 21.9. The highest BCUT2D eigenvalue weighted by Crippen LogP contribution is 2.30. The van der Waals surface area contributed by atoms with Crippen molar-refractivity contribution in [3.05, 3.63) is 0 Å². The van der Waals surface area contributed by atoms with Crippen LogP contribution in [0, 0.1) is 11.8 Å². The lowest BCUT2D eigenvalue weighted by Gasteiger charge is -2.29. The predicted octanol–water partition coefficient (Wildman–Crippen LogP) is 0.781. The maximum Gasteiger partial charge on any atom is 0.307 e. The van der Waals surface area contributed by atoms with Gasteiger partial charge in [0.2, 0.25) is 5.91 Å². The third-order valence-electron chi connectivity index (χ3n) is 3.91. The third-order valence-corrected chi connectivity index (χ3v) is 3.91. The molecule has 3 N–H and O–H groups in total. The summed E-state index contributed by atoms with van der Waals surface area (Å²) in [7, 11) is 1.55. The van der Waals surface area contributed by atoms with Gasteiger partial charge in [-0.25, -0.2) is 0 Å². The lowest BCUT2D eigenvalue weighted by molar-refractivity contribution is -0.149.